The van der Waals surface area contributed by atoms with E-state index in [1.807, 2.05) is 29.5 Å². The molecule has 0 spiro atoms. The van der Waals surface area contributed by atoms with Crippen molar-refractivity contribution >= 4 is 44.7 Å². The molecule has 0 saturated carbocycles. The van der Waals surface area contributed by atoms with Gasteiger partial charge in [0, 0.05) is 12.7 Å². The first-order valence-electron chi connectivity index (χ1n) is 5.86. The van der Waals surface area contributed by atoms with E-state index in [2.05, 4.69) is 35.1 Å². The van der Waals surface area contributed by atoms with Crippen molar-refractivity contribution in [3.63, 3.8) is 0 Å². The van der Waals surface area contributed by atoms with Crippen LogP contribution in [0, 0.1) is 6.92 Å². The molecule has 3 rings (SSSR count). The molecule has 3 aromatic rings. The van der Waals surface area contributed by atoms with Crippen LogP contribution in [0.5, 0.6) is 0 Å². The molecule has 19 heavy (non-hydrogen) atoms. The Kier molecular flexibility index (Phi) is 3.12. The van der Waals surface area contributed by atoms with E-state index >= 15 is 0 Å². The summed E-state index contributed by atoms with van der Waals surface area (Å²) in [6.45, 7) is 2.07. The molecule has 96 valence electrons. The summed E-state index contributed by atoms with van der Waals surface area (Å²) < 4.78 is 0. The van der Waals surface area contributed by atoms with Crippen molar-refractivity contribution in [2.45, 2.75) is 6.92 Å². The highest BCUT2D eigenvalue weighted by Crippen LogP contribution is 2.32. The van der Waals surface area contributed by atoms with E-state index in [1.54, 1.807) is 11.3 Å². The van der Waals surface area contributed by atoms with Gasteiger partial charge in [0.15, 0.2) is 0 Å². The smallest absolute Gasteiger partial charge is 0.225 e. The Hall–Kier alpha value is -1.65. The predicted molar refractivity (Wildman–Crippen MR) is 81.7 cm³/mol. The fourth-order valence-electron chi connectivity index (χ4n) is 2.03. The molecule has 0 unspecified atom stereocenters. The van der Waals surface area contributed by atoms with Crippen LogP contribution in [0.2, 0.25) is 5.28 Å². The zero-order valence-electron chi connectivity index (χ0n) is 10.6. The fraction of sp³-hybridized carbons (Fsp3) is 0.143. The summed E-state index contributed by atoms with van der Waals surface area (Å²) >= 11 is 7.57. The van der Waals surface area contributed by atoms with Crippen LogP contribution in [0.4, 0.5) is 11.5 Å². The van der Waals surface area contributed by atoms with Crippen LogP contribution in [-0.4, -0.2) is 17.0 Å². The van der Waals surface area contributed by atoms with Crippen molar-refractivity contribution in [3.05, 3.63) is 46.6 Å². The lowest BCUT2D eigenvalue weighted by Crippen LogP contribution is -2.12. The van der Waals surface area contributed by atoms with Crippen LogP contribution in [0.3, 0.4) is 0 Å². The maximum absolute atomic E-state index is 6.00. The monoisotopic (exact) mass is 289 g/mol. The highest BCUT2D eigenvalue weighted by Gasteiger charge is 2.13. The van der Waals surface area contributed by atoms with Crippen LogP contribution in [-0.2, 0) is 0 Å². The van der Waals surface area contributed by atoms with Gasteiger partial charge in [-0.2, -0.15) is 4.98 Å². The third-order valence-electron chi connectivity index (χ3n) is 2.98. The van der Waals surface area contributed by atoms with Crippen molar-refractivity contribution in [3.8, 4) is 0 Å². The second-order valence-corrected chi connectivity index (χ2v) is 5.59. The molecular formula is C14H12ClN3S. The summed E-state index contributed by atoms with van der Waals surface area (Å²) in [7, 11) is 1.99. The third kappa shape index (κ3) is 2.29. The first-order valence-corrected chi connectivity index (χ1v) is 7.12. The Morgan fingerprint density at radius 1 is 1.21 bits per heavy atom. The van der Waals surface area contributed by atoms with Crippen molar-refractivity contribution in [1.82, 2.24) is 9.97 Å². The number of benzene rings is 1. The molecular weight excluding hydrogens is 278 g/mol. The van der Waals surface area contributed by atoms with Crippen LogP contribution < -0.4 is 4.90 Å². The van der Waals surface area contributed by atoms with Gasteiger partial charge in [-0.1, -0.05) is 12.1 Å². The summed E-state index contributed by atoms with van der Waals surface area (Å²) in [5.41, 5.74) is 2.30. The third-order valence-corrected chi connectivity index (χ3v) is 3.96. The molecule has 0 bridgehead atoms. The summed E-state index contributed by atoms with van der Waals surface area (Å²) in [6, 6.07) is 10.3. The molecule has 0 fully saturated rings. The number of nitrogens with zero attached hydrogens (tertiary/aromatic N) is 3. The summed E-state index contributed by atoms with van der Waals surface area (Å²) in [6.07, 6.45) is 0. The Morgan fingerprint density at radius 2 is 2.05 bits per heavy atom. The van der Waals surface area contributed by atoms with Gasteiger partial charge in [0.25, 0.3) is 0 Å². The van der Waals surface area contributed by atoms with Gasteiger partial charge >= 0.3 is 0 Å². The number of anilines is 2. The van der Waals surface area contributed by atoms with E-state index in [-0.39, 0.29) is 5.28 Å². The van der Waals surface area contributed by atoms with Crippen molar-refractivity contribution in [1.29, 1.82) is 0 Å². The van der Waals surface area contributed by atoms with Crippen LogP contribution >= 0.6 is 22.9 Å². The molecule has 1 aromatic carbocycles. The van der Waals surface area contributed by atoms with Crippen LogP contribution in [0.15, 0.2) is 35.7 Å². The Labute approximate surface area is 120 Å². The largest absolute Gasteiger partial charge is 0.329 e. The minimum atomic E-state index is 0.282. The van der Waals surface area contributed by atoms with Gasteiger partial charge in [-0.15, -0.1) is 11.3 Å². The van der Waals surface area contributed by atoms with E-state index in [4.69, 9.17) is 11.6 Å². The Balaban J connectivity index is 2.15. The van der Waals surface area contributed by atoms with E-state index in [1.165, 1.54) is 5.56 Å². The van der Waals surface area contributed by atoms with Crippen molar-refractivity contribution < 1.29 is 0 Å². The maximum Gasteiger partial charge on any atom is 0.225 e. The van der Waals surface area contributed by atoms with Gasteiger partial charge in [-0.3, -0.25) is 0 Å². The SMILES string of the molecule is Cc1cccc(N(C)c2nc(Cl)nc3sccc23)c1. The molecule has 2 heterocycles. The lowest BCUT2D eigenvalue weighted by molar-refractivity contribution is 1.11. The van der Waals surface area contributed by atoms with Crippen LogP contribution in [0.1, 0.15) is 5.56 Å². The number of halogens is 1. The lowest BCUT2D eigenvalue weighted by Gasteiger charge is -2.19. The van der Waals surface area contributed by atoms with E-state index in [0.717, 1.165) is 21.7 Å². The number of hydrogen-bond donors (Lipinski definition) is 0. The first kappa shape index (κ1) is 12.4. The van der Waals surface area contributed by atoms with Gasteiger partial charge in [0.05, 0.1) is 5.39 Å². The number of thiophene rings is 1. The number of aromatic nitrogens is 2. The number of fused-ring (bicyclic) bond motifs is 1. The highest BCUT2D eigenvalue weighted by atomic mass is 35.5. The Bertz CT molecular complexity index is 738. The van der Waals surface area contributed by atoms with E-state index < -0.39 is 0 Å². The fourth-order valence-corrected chi connectivity index (χ4v) is 3.00. The average Bonchev–Trinajstić information content (AvgIpc) is 2.85. The normalized spacial score (nSPS) is 10.9. The molecule has 0 N–H and O–H groups in total. The number of aryl methyl sites for hydroxylation is 1. The molecule has 0 saturated heterocycles. The topological polar surface area (TPSA) is 29.0 Å². The van der Waals surface area contributed by atoms with Crippen LogP contribution in [0.25, 0.3) is 10.2 Å². The predicted octanol–water partition coefficient (Wildman–Crippen LogP) is 4.42. The first-order chi connectivity index (χ1) is 9.15. The van der Waals surface area contributed by atoms with E-state index in [0.29, 0.717) is 0 Å². The van der Waals surface area contributed by atoms with Gasteiger partial charge in [0.1, 0.15) is 10.6 Å². The Morgan fingerprint density at radius 3 is 2.84 bits per heavy atom. The summed E-state index contributed by atoms with van der Waals surface area (Å²) in [4.78, 5) is 11.6. The zero-order valence-corrected chi connectivity index (χ0v) is 12.2. The average molecular weight is 290 g/mol. The van der Waals surface area contributed by atoms with Gasteiger partial charge in [0.2, 0.25) is 5.28 Å². The minimum absolute atomic E-state index is 0.282. The summed E-state index contributed by atoms with van der Waals surface area (Å²) in [5, 5.41) is 3.31. The highest BCUT2D eigenvalue weighted by molar-refractivity contribution is 7.16. The summed E-state index contributed by atoms with van der Waals surface area (Å²) in [5.74, 6) is 0.835. The molecule has 5 heteroatoms. The molecule has 0 aliphatic heterocycles. The molecule has 2 aromatic heterocycles. The van der Waals surface area contributed by atoms with E-state index in [9.17, 15) is 0 Å². The zero-order chi connectivity index (χ0) is 13.4. The standard InChI is InChI=1S/C14H12ClN3S/c1-9-4-3-5-10(8-9)18(2)12-11-6-7-19-13(11)17-14(15)16-12/h3-8H,1-2H3. The molecule has 0 aliphatic carbocycles. The molecule has 0 radical (unpaired) electrons. The molecule has 3 nitrogen and oxygen atoms in total. The van der Waals surface area contributed by atoms with Gasteiger partial charge < -0.3 is 4.90 Å². The molecule has 0 aliphatic rings. The van der Waals surface area contributed by atoms with Gasteiger partial charge in [-0.25, -0.2) is 4.98 Å². The molecule has 0 atom stereocenters. The lowest BCUT2D eigenvalue weighted by atomic mass is 10.2. The minimum Gasteiger partial charge on any atom is -0.329 e. The van der Waals surface area contributed by atoms with Crippen molar-refractivity contribution in [2.24, 2.45) is 0 Å². The second kappa shape index (κ2) is 4.79. The second-order valence-electron chi connectivity index (χ2n) is 4.35. The maximum atomic E-state index is 6.00. The van der Waals surface area contributed by atoms with Crippen molar-refractivity contribution in [2.75, 3.05) is 11.9 Å². The van der Waals surface area contributed by atoms with Gasteiger partial charge in [-0.05, 0) is 47.7 Å². The quantitative estimate of drug-likeness (QED) is 0.654. The number of hydrogen-bond acceptors (Lipinski definition) is 4. The number of rotatable bonds is 2. The molecule has 0 amide bonds.